The van der Waals surface area contributed by atoms with Crippen molar-refractivity contribution >= 4 is 17.7 Å². The summed E-state index contributed by atoms with van der Waals surface area (Å²) in [7, 11) is 2.43. The highest BCUT2D eigenvalue weighted by molar-refractivity contribution is 6.02. The highest BCUT2D eigenvalue weighted by atomic mass is 16.5. The van der Waals surface area contributed by atoms with Gasteiger partial charge >= 0.3 is 11.9 Å². The van der Waals surface area contributed by atoms with Crippen LogP contribution in [0.25, 0.3) is 0 Å². The number of ketones is 1. The molecule has 0 spiro atoms. The molecule has 1 aromatic carbocycles. The molecule has 0 unspecified atom stereocenters. The van der Waals surface area contributed by atoms with Gasteiger partial charge in [-0.05, 0) is 23.5 Å². The van der Waals surface area contributed by atoms with Crippen molar-refractivity contribution in [2.45, 2.75) is 51.0 Å². The van der Waals surface area contributed by atoms with Gasteiger partial charge in [0.15, 0.2) is 5.78 Å². The molecule has 1 saturated carbocycles. The molecule has 1 N–H and O–H groups in total. The van der Waals surface area contributed by atoms with Crippen LogP contribution in [0.15, 0.2) is 24.3 Å². The van der Waals surface area contributed by atoms with Crippen molar-refractivity contribution in [3.63, 3.8) is 0 Å². The van der Waals surface area contributed by atoms with Crippen LogP contribution in [0.4, 0.5) is 0 Å². The van der Waals surface area contributed by atoms with Gasteiger partial charge in [0.05, 0.1) is 25.7 Å². The molecule has 0 aliphatic heterocycles. The van der Waals surface area contributed by atoms with Crippen molar-refractivity contribution in [3.8, 4) is 0 Å². The van der Waals surface area contributed by atoms with Gasteiger partial charge in [-0.1, -0.05) is 45.0 Å². The molecule has 6 nitrogen and oxygen atoms in total. The third kappa shape index (κ3) is 4.05. The van der Waals surface area contributed by atoms with Crippen LogP contribution < -0.4 is 0 Å². The quantitative estimate of drug-likeness (QED) is 0.643. The summed E-state index contributed by atoms with van der Waals surface area (Å²) in [5.41, 5.74) is -0.00988. The molecular weight excluding hydrogens is 348 g/mol. The molecule has 6 heteroatoms. The van der Waals surface area contributed by atoms with Crippen molar-refractivity contribution in [1.82, 2.24) is 0 Å². The van der Waals surface area contributed by atoms with Gasteiger partial charge in [-0.3, -0.25) is 14.4 Å². The Morgan fingerprint density at radius 3 is 2.04 bits per heavy atom. The normalized spacial score (nSPS) is 28.6. The van der Waals surface area contributed by atoms with E-state index in [1.807, 2.05) is 12.1 Å². The zero-order chi connectivity index (χ0) is 20.6. The smallest absolute Gasteiger partial charge is 0.316 e. The Labute approximate surface area is 159 Å². The van der Waals surface area contributed by atoms with Gasteiger partial charge in [0, 0.05) is 12.3 Å². The number of hydrogen-bond acceptors (Lipinski definition) is 6. The number of carbonyl (C=O) groups excluding carboxylic acids is 3. The Kier molecular flexibility index (Phi) is 5.80. The molecule has 0 amide bonds. The fraction of sp³-hybridized carbons (Fsp3) is 0.571. The van der Waals surface area contributed by atoms with Crippen LogP contribution >= 0.6 is 0 Å². The minimum atomic E-state index is -1.62. The molecular formula is C21H28O6. The van der Waals surface area contributed by atoms with Crippen LogP contribution in [0.3, 0.4) is 0 Å². The lowest BCUT2D eigenvalue weighted by Gasteiger charge is -2.43. The summed E-state index contributed by atoms with van der Waals surface area (Å²) < 4.78 is 9.72. The predicted molar refractivity (Wildman–Crippen MR) is 99.1 cm³/mol. The Bertz CT molecular complexity index is 726. The van der Waals surface area contributed by atoms with E-state index in [-0.39, 0.29) is 11.8 Å². The van der Waals surface area contributed by atoms with E-state index in [1.165, 1.54) is 21.1 Å². The van der Waals surface area contributed by atoms with Crippen LogP contribution in [0.2, 0.25) is 0 Å². The highest BCUT2D eigenvalue weighted by Gasteiger charge is 2.56. The van der Waals surface area contributed by atoms with Crippen LogP contribution in [0, 0.1) is 11.8 Å². The number of carbonyl (C=O) groups is 3. The lowest BCUT2D eigenvalue weighted by Crippen LogP contribution is -2.55. The van der Waals surface area contributed by atoms with Crippen molar-refractivity contribution in [2.24, 2.45) is 11.8 Å². The fourth-order valence-electron chi connectivity index (χ4n) is 3.87. The molecule has 1 fully saturated rings. The first-order valence-electron chi connectivity index (χ1n) is 8.95. The zero-order valence-corrected chi connectivity index (χ0v) is 16.7. The van der Waals surface area contributed by atoms with E-state index in [4.69, 9.17) is 9.47 Å². The zero-order valence-electron chi connectivity index (χ0n) is 16.7. The van der Waals surface area contributed by atoms with Crippen LogP contribution in [0.5, 0.6) is 0 Å². The predicted octanol–water partition coefficient (Wildman–Crippen LogP) is 2.37. The van der Waals surface area contributed by atoms with E-state index in [0.717, 1.165) is 5.56 Å². The summed E-state index contributed by atoms with van der Waals surface area (Å²) in [5.74, 6) is -4.92. The Morgan fingerprint density at radius 1 is 1.07 bits per heavy atom. The molecule has 0 aromatic heterocycles. The van der Waals surface area contributed by atoms with Gasteiger partial charge in [0.1, 0.15) is 5.92 Å². The maximum absolute atomic E-state index is 12.7. The van der Waals surface area contributed by atoms with Gasteiger partial charge in [-0.25, -0.2) is 0 Å². The van der Waals surface area contributed by atoms with Gasteiger partial charge in [-0.2, -0.15) is 0 Å². The molecule has 0 saturated heterocycles. The largest absolute Gasteiger partial charge is 0.469 e. The van der Waals surface area contributed by atoms with Crippen LogP contribution in [-0.2, 0) is 29.3 Å². The maximum Gasteiger partial charge on any atom is 0.316 e. The Balaban J connectivity index is 2.62. The lowest BCUT2D eigenvalue weighted by molar-refractivity contribution is -0.170. The van der Waals surface area contributed by atoms with E-state index in [1.54, 1.807) is 12.1 Å². The van der Waals surface area contributed by atoms with Crippen LogP contribution in [-0.4, -0.2) is 42.6 Å². The summed E-state index contributed by atoms with van der Waals surface area (Å²) >= 11 is 0. The van der Waals surface area contributed by atoms with Gasteiger partial charge in [0.2, 0.25) is 0 Å². The van der Waals surface area contributed by atoms with E-state index in [2.05, 4.69) is 20.8 Å². The second-order valence-electron chi connectivity index (χ2n) is 8.40. The molecule has 27 heavy (non-hydrogen) atoms. The van der Waals surface area contributed by atoms with E-state index in [9.17, 15) is 19.5 Å². The molecule has 1 aliphatic rings. The average Bonchev–Trinajstić information content (AvgIpc) is 2.58. The first-order chi connectivity index (χ1) is 12.4. The molecule has 0 radical (unpaired) electrons. The van der Waals surface area contributed by atoms with E-state index >= 15 is 0 Å². The van der Waals surface area contributed by atoms with Crippen molar-refractivity contribution in [2.75, 3.05) is 14.2 Å². The number of hydrogen-bond donors (Lipinski definition) is 1. The number of esters is 2. The molecule has 1 aliphatic carbocycles. The van der Waals surface area contributed by atoms with Gasteiger partial charge < -0.3 is 14.6 Å². The molecule has 0 bridgehead atoms. The number of benzene rings is 1. The average molecular weight is 376 g/mol. The standard InChI is InChI=1S/C21H28O6/c1-20(2,3)13-9-7-12(8-10-13)15-16(18(23)26-5)14(22)11-21(4,25)17(15)19(24)27-6/h7-10,15-17,25H,11H2,1-6H3/t15-,16-,17+,21+/m1/s1. The number of rotatable bonds is 3. The molecule has 2 rings (SSSR count). The van der Waals surface area contributed by atoms with E-state index in [0.29, 0.717) is 5.56 Å². The minimum absolute atomic E-state index is 0.0735. The second-order valence-corrected chi connectivity index (χ2v) is 8.40. The molecule has 148 valence electrons. The molecule has 4 atom stereocenters. The van der Waals surface area contributed by atoms with Gasteiger partial charge in [0.25, 0.3) is 0 Å². The topological polar surface area (TPSA) is 89.9 Å². The summed E-state index contributed by atoms with van der Waals surface area (Å²) in [6.07, 6.45) is -0.316. The van der Waals surface area contributed by atoms with Gasteiger partial charge in [-0.15, -0.1) is 0 Å². The first-order valence-corrected chi connectivity index (χ1v) is 8.95. The van der Waals surface area contributed by atoms with E-state index < -0.39 is 41.1 Å². The summed E-state index contributed by atoms with van der Waals surface area (Å²) in [6.45, 7) is 7.65. The number of ether oxygens (including phenoxy) is 2. The fourth-order valence-corrected chi connectivity index (χ4v) is 3.87. The number of aliphatic hydroxyl groups is 1. The van der Waals surface area contributed by atoms with Crippen molar-refractivity contribution in [3.05, 3.63) is 35.4 Å². The second kappa shape index (κ2) is 7.43. The lowest BCUT2D eigenvalue weighted by atomic mass is 9.61. The molecule has 1 aromatic rings. The molecule has 0 heterocycles. The maximum atomic E-state index is 12.7. The van der Waals surface area contributed by atoms with Crippen molar-refractivity contribution in [1.29, 1.82) is 0 Å². The monoisotopic (exact) mass is 376 g/mol. The Morgan fingerprint density at radius 2 is 1.59 bits per heavy atom. The minimum Gasteiger partial charge on any atom is -0.469 e. The Hall–Kier alpha value is -2.21. The summed E-state index contributed by atoms with van der Waals surface area (Å²) in [5, 5.41) is 10.8. The number of methoxy groups -OCH3 is 2. The summed E-state index contributed by atoms with van der Waals surface area (Å²) in [6, 6.07) is 7.41. The third-order valence-corrected chi connectivity index (χ3v) is 5.34. The van der Waals surface area contributed by atoms with Crippen LogP contribution in [0.1, 0.15) is 51.2 Å². The highest BCUT2D eigenvalue weighted by Crippen LogP contribution is 2.46. The summed E-state index contributed by atoms with van der Waals surface area (Å²) in [4.78, 5) is 37.6. The van der Waals surface area contributed by atoms with Crippen molar-refractivity contribution < 1.29 is 29.0 Å². The number of Topliss-reactive ketones (excluding diaryl/α,β-unsaturated/α-hetero) is 1. The SMILES string of the molecule is COC(=O)[C@@H]1C(=O)C[C@](C)(O)[C@H](C(=O)OC)[C@@H]1c1ccc(C(C)(C)C)cc1. The first kappa shape index (κ1) is 21.1. The third-order valence-electron chi connectivity index (χ3n) is 5.34.